The lowest BCUT2D eigenvalue weighted by Gasteiger charge is -2.35. The van der Waals surface area contributed by atoms with Gasteiger partial charge in [-0.05, 0) is 60.7 Å². The molecule has 2 atom stereocenters. The third kappa shape index (κ3) is 3.56. The quantitative estimate of drug-likeness (QED) is 0.502. The van der Waals surface area contributed by atoms with Crippen molar-refractivity contribution >= 4 is 34.0 Å². The molecule has 1 fully saturated rings. The van der Waals surface area contributed by atoms with Gasteiger partial charge >= 0.3 is 0 Å². The van der Waals surface area contributed by atoms with Gasteiger partial charge < -0.3 is 10.2 Å². The van der Waals surface area contributed by atoms with Gasteiger partial charge in [0.05, 0.1) is 4.92 Å². The highest BCUT2D eigenvalue weighted by atomic mass is 127. The number of piperidine rings is 1. The Hall–Kier alpha value is -0.890. The number of nitro groups is 1. The molecule has 2 unspecified atom stereocenters. The first kappa shape index (κ1) is 14.5. The molecule has 0 amide bonds. The number of nitrogens with zero attached hydrogens (tertiary/aromatic N) is 2. The van der Waals surface area contributed by atoms with E-state index in [1.165, 1.54) is 0 Å². The molecule has 0 radical (unpaired) electrons. The summed E-state index contributed by atoms with van der Waals surface area (Å²) in [5, 5.41) is 14.5. The normalized spacial score (nSPS) is 24.2. The van der Waals surface area contributed by atoms with Crippen LogP contribution in [0.3, 0.4) is 0 Å². The summed E-state index contributed by atoms with van der Waals surface area (Å²) < 4.78 is 0.881. The Balaban J connectivity index is 2.17. The minimum absolute atomic E-state index is 0.165. The molecule has 1 aliphatic rings. The number of likely N-dealkylation sites (tertiary alicyclic amines) is 1. The Kier molecular flexibility index (Phi) is 4.62. The molecule has 2 rings (SSSR count). The average Bonchev–Trinajstić information content (AvgIpc) is 2.34. The number of anilines is 1. The number of hydrogen-bond acceptors (Lipinski definition) is 4. The Morgan fingerprint density at radius 3 is 2.89 bits per heavy atom. The number of hydrogen-bond donors (Lipinski definition) is 1. The lowest BCUT2D eigenvalue weighted by Crippen LogP contribution is -2.43. The van der Waals surface area contributed by atoms with Crippen LogP contribution in [0.25, 0.3) is 0 Å². The Morgan fingerprint density at radius 1 is 1.53 bits per heavy atom. The molecular formula is C13H18IN3O2. The van der Waals surface area contributed by atoms with E-state index in [1.54, 1.807) is 6.07 Å². The molecule has 0 spiro atoms. The summed E-state index contributed by atoms with van der Waals surface area (Å²) >= 11 is 2.09. The van der Waals surface area contributed by atoms with Gasteiger partial charge in [-0.25, -0.2) is 0 Å². The summed E-state index contributed by atoms with van der Waals surface area (Å²) in [7, 11) is 2.11. The minimum Gasteiger partial charge on any atom is -0.376 e. The van der Waals surface area contributed by atoms with Gasteiger partial charge in [0.25, 0.3) is 5.69 Å². The van der Waals surface area contributed by atoms with Gasteiger partial charge in [0.1, 0.15) is 5.69 Å². The summed E-state index contributed by atoms with van der Waals surface area (Å²) in [5.41, 5.74) is 0.796. The van der Waals surface area contributed by atoms with Gasteiger partial charge in [-0.1, -0.05) is 6.92 Å². The first-order valence-corrected chi connectivity index (χ1v) is 7.44. The third-order valence-electron chi connectivity index (χ3n) is 3.61. The summed E-state index contributed by atoms with van der Waals surface area (Å²) in [6.07, 6.45) is 1.01. The second-order valence-corrected chi connectivity index (χ2v) is 6.44. The fraction of sp³-hybridized carbons (Fsp3) is 0.538. The molecule has 1 saturated heterocycles. The molecule has 104 valence electrons. The lowest BCUT2D eigenvalue weighted by atomic mass is 9.94. The Bertz CT molecular complexity index is 481. The van der Waals surface area contributed by atoms with Crippen LogP contribution in [-0.4, -0.2) is 36.0 Å². The molecule has 1 heterocycles. The van der Waals surface area contributed by atoms with E-state index in [9.17, 15) is 10.1 Å². The van der Waals surface area contributed by atoms with Crippen molar-refractivity contribution in [2.75, 3.05) is 25.5 Å². The second kappa shape index (κ2) is 6.04. The molecule has 0 bridgehead atoms. The van der Waals surface area contributed by atoms with E-state index in [1.807, 2.05) is 12.1 Å². The van der Waals surface area contributed by atoms with Crippen molar-refractivity contribution in [1.29, 1.82) is 0 Å². The number of nitro benzene ring substituents is 1. The zero-order valence-electron chi connectivity index (χ0n) is 11.1. The van der Waals surface area contributed by atoms with E-state index >= 15 is 0 Å². The minimum atomic E-state index is -0.315. The van der Waals surface area contributed by atoms with Crippen LogP contribution in [0, 0.1) is 19.6 Å². The second-order valence-electron chi connectivity index (χ2n) is 5.20. The summed E-state index contributed by atoms with van der Waals surface area (Å²) in [5.74, 6) is 0.484. The van der Waals surface area contributed by atoms with E-state index in [0.717, 1.165) is 23.1 Å². The largest absolute Gasteiger partial charge is 0.376 e. The molecule has 1 aromatic carbocycles. The molecule has 6 heteroatoms. The number of halogens is 1. The predicted molar refractivity (Wildman–Crippen MR) is 84.5 cm³/mol. The van der Waals surface area contributed by atoms with E-state index in [-0.39, 0.29) is 10.6 Å². The van der Waals surface area contributed by atoms with E-state index < -0.39 is 0 Å². The van der Waals surface area contributed by atoms with Gasteiger partial charge in [0.15, 0.2) is 0 Å². The van der Waals surface area contributed by atoms with Crippen molar-refractivity contribution in [2.24, 2.45) is 5.92 Å². The molecule has 1 N–H and O–H groups in total. The van der Waals surface area contributed by atoms with Crippen LogP contribution in [0.4, 0.5) is 11.4 Å². The lowest BCUT2D eigenvalue weighted by molar-refractivity contribution is -0.384. The van der Waals surface area contributed by atoms with E-state index in [0.29, 0.717) is 17.6 Å². The van der Waals surface area contributed by atoms with Crippen molar-refractivity contribution in [3.05, 3.63) is 31.9 Å². The molecule has 0 aliphatic carbocycles. The first-order chi connectivity index (χ1) is 8.97. The van der Waals surface area contributed by atoms with Crippen LogP contribution >= 0.6 is 22.6 Å². The van der Waals surface area contributed by atoms with E-state index in [2.05, 4.69) is 46.8 Å². The molecular weight excluding hydrogens is 357 g/mol. The highest BCUT2D eigenvalue weighted by Gasteiger charge is 2.26. The van der Waals surface area contributed by atoms with Crippen molar-refractivity contribution in [1.82, 2.24) is 4.90 Å². The number of benzene rings is 1. The van der Waals surface area contributed by atoms with Crippen LogP contribution in [0.1, 0.15) is 13.3 Å². The van der Waals surface area contributed by atoms with E-state index in [4.69, 9.17) is 0 Å². The summed E-state index contributed by atoms with van der Waals surface area (Å²) in [4.78, 5) is 13.1. The molecule has 0 saturated carbocycles. The first-order valence-electron chi connectivity index (χ1n) is 6.36. The molecule has 1 aliphatic heterocycles. The maximum Gasteiger partial charge on any atom is 0.293 e. The van der Waals surface area contributed by atoms with Crippen LogP contribution < -0.4 is 5.32 Å². The van der Waals surface area contributed by atoms with Gasteiger partial charge in [0, 0.05) is 22.2 Å². The Morgan fingerprint density at radius 2 is 2.26 bits per heavy atom. The van der Waals surface area contributed by atoms with Gasteiger partial charge in [-0.3, -0.25) is 10.1 Å². The maximum absolute atomic E-state index is 11.1. The fourth-order valence-electron chi connectivity index (χ4n) is 2.55. The Labute approximate surface area is 126 Å². The van der Waals surface area contributed by atoms with Crippen LogP contribution in [0.5, 0.6) is 0 Å². The van der Waals surface area contributed by atoms with Crippen LogP contribution in [0.2, 0.25) is 0 Å². The highest BCUT2D eigenvalue weighted by Crippen LogP contribution is 2.29. The van der Waals surface area contributed by atoms with Crippen molar-refractivity contribution in [3.63, 3.8) is 0 Å². The number of rotatable bonds is 3. The highest BCUT2D eigenvalue weighted by molar-refractivity contribution is 14.1. The smallest absolute Gasteiger partial charge is 0.293 e. The third-order valence-corrected chi connectivity index (χ3v) is 4.28. The van der Waals surface area contributed by atoms with Crippen molar-refractivity contribution in [2.45, 2.75) is 19.4 Å². The SMILES string of the molecule is CC1CN(C)CCC1Nc1ccc(I)cc1[N+](=O)[O-]. The summed E-state index contributed by atoms with van der Waals surface area (Å²) in [6, 6.07) is 5.62. The summed E-state index contributed by atoms with van der Waals surface area (Å²) in [6.45, 7) is 4.24. The molecule has 19 heavy (non-hydrogen) atoms. The number of nitrogens with one attached hydrogen (secondary N) is 1. The standard InChI is InChI=1S/C13H18IN3O2/c1-9-8-16(2)6-5-11(9)15-12-4-3-10(14)7-13(12)17(18)19/h3-4,7,9,11,15H,5-6,8H2,1-2H3. The average molecular weight is 375 g/mol. The molecule has 5 nitrogen and oxygen atoms in total. The predicted octanol–water partition coefficient (Wildman–Crippen LogP) is 2.95. The van der Waals surface area contributed by atoms with Gasteiger partial charge in [0.2, 0.25) is 0 Å². The topological polar surface area (TPSA) is 58.4 Å². The maximum atomic E-state index is 11.1. The fourth-order valence-corrected chi connectivity index (χ4v) is 3.02. The van der Waals surface area contributed by atoms with Crippen molar-refractivity contribution in [3.8, 4) is 0 Å². The van der Waals surface area contributed by atoms with Gasteiger partial charge in [-0.2, -0.15) is 0 Å². The van der Waals surface area contributed by atoms with Crippen molar-refractivity contribution < 1.29 is 4.92 Å². The molecule has 0 aromatic heterocycles. The zero-order chi connectivity index (χ0) is 14.0. The zero-order valence-corrected chi connectivity index (χ0v) is 13.3. The molecule has 1 aromatic rings. The van der Waals surface area contributed by atoms with Gasteiger partial charge in [-0.15, -0.1) is 0 Å². The van der Waals surface area contributed by atoms with Crippen LogP contribution in [0.15, 0.2) is 18.2 Å². The van der Waals surface area contributed by atoms with Crippen LogP contribution in [-0.2, 0) is 0 Å². The monoisotopic (exact) mass is 375 g/mol.